The molecule has 0 aliphatic heterocycles. The number of alkyl halides is 3. The van der Waals surface area contributed by atoms with E-state index in [-0.39, 0.29) is 13.2 Å². The van der Waals surface area contributed by atoms with Gasteiger partial charge in [0.2, 0.25) is 0 Å². The molecule has 0 atom stereocenters. The van der Waals surface area contributed by atoms with Crippen molar-refractivity contribution in [2.45, 2.75) is 19.5 Å². The smallest absolute Gasteiger partial charge is 0.392 e. The molecular formula is C11H14F3NO2. The number of benzene rings is 1. The lowest BCUT2D eigenvalue weighted by atomic mass is 10.1. The zero-order valence-corrected chi connectivity index (χ0v) is 9.13. The second-order valence-corrected chi connectivity index (χ2v) is 3.45. The van der Waals surface area contributed by atoms with Crippen LogP contribution < -0.4 is 5.32 Å². The van der Waals surface area contributed by atoms with E-state index >= 15 is 0 Å². The fourth-order valence-electron chi connectivity index (χ4n) is 1.31. The summed E-state index contributed by atoms with van der Waals surface area (Å²) in [6.07, 6.45) is -4.57. The Morgan fingerprint density at radius 2 is 1.94 bits per heavy atom. The van der Waals surface area contributed by atoms with Gasteiger partial charge < -0.3 is 10.4 Å². The molecule has 0 bridgehead atoms. The number of hydrogen-bond acceptors (Lipinski definition) is 3. The molecule has 17 heavy (non-hydrogen) atoms. The molecule has 96 valence electrons. The van der Waals surface area contributed by atoms with Gasteiger partial charge in [0.05, 0.1) is 13.2 Å². The molecule has 0 saturated heterocycles. The molecule has 1 aromatic rings. The van der Waals surface area contributed by atoms with Crippen LogP contribution in [-0.4, -0.2) is 24.6 Å². The highest BCUT2D eigenvalue weighted by Crippen LogP contribution is 2.15. The molecule has 0 saturated carbocycles. The first-order valence-electron chi connectivity index (χ1n) is 5.11. The van der Waals surface area contributed by atoms with Crippen LogP contribution in [0.1, 0.15) is 11.1 Å². The van der Waals surface area contributed by atoms with Gasteiger partial charge in [0.25, 0.3) is 0 Å². The lowest BCUT2D eigenvalue weighted by Crippen LogP contribution is -2.24. The summed E-state index contributed by atoms with van der Waals surface area (Å²) >= 11 is 0. The second-order valence-electron chi connectivity index (χ2n) is 3.45. The van der Waals surface area contributed by atoms with Crippen LogP contribution in [0.2, 0.25) is 0 Å². The molecular weight excluding hydrogens is 235 g/mol. The Balaban J connectivity index is 2.22. The van der Waals surface area contributed by atoms with Crippen molar-refractivity contribution in [3.63, 3.8) is 0 Å². The number of ether oxygens (including phenoxy) is 1. The molecule has 0 radical (unpaired) electrons. The first-order valence-corrected chi connectivity index (χ1v) is 5.11. The quantitative estimate of drug-likeness (QED) is 0.755. The highest BCUT2D eigenvalue weighted by atomic mass is 19.4. The topological polar surface area (TPSA) is 41.5 Å². The van der Waals surface area contributed by atoms with Crippen LogP contribution in [0.15, 0.2) is 24.3 Å². The first-order chi connectivity index (χ1) is 8.01. The minimum atomic E-state index is -4.57. The summed E-state index contributed by atoms with van der Waals surface area (Å²) in [5.41, 5.74) is 1.68. The number of nitrogens with one attached hydrogen (secondary N) is 1. The van der Waals surface area contributed by atoms with E-state index in [9.17, 15) is 13.2 Å². The average Bonchev–Trinajstić information content (AvgIpc) is 2.27. The van der Waals surface area contributed by atoms with Crippen molar-refractivity contribution in [2.75, 3.05) is 13.2 Å². The highest BCUT2D eigenvalue weighted by Gasteiger charge is 2.28. The third-order valence-corrected chi connectivity index (χ3v) is 2.05. The van der Waals surface area contributed by atoms with Gasteiger partial charge in [-0.2, -0.15) is 0 Å². The fraction of sp³-hybridized carbons (Fsp3) is 0.455. The van der Waals surface area contributed by atoms with Crippen LogP contribution >= 0.6 is 0 Å². The van der Waals surface area contributed by atoms with E-state index < -0.39 is 13.0 Å². The molecule has 3 nitrogen and oxygen atoms in total. The molecule has 0 aliphatic rings. The van der Waals surface area contributed by atoms with Crippen LogP contribution in [0.25, 0.3) is 0 Å². The van der Waals surface area contributed by atoms with Crippen molar-refractivity contribution in [1.29, 1.82) is 0 Å². The Morgan fingerprint density at radius 1 is 1.24 bits per heavy atom. The van der Waals surface area contributed by atoms with Crippen molar-refractivity contribution in [2.24, 2.45) is 0 Å². The van der Waals surface area contributed by atoms with Gasteiger partial charge in [-0.3, -0.25) is 4.74 Å². The predicted molar refractivity (Wildman–Crippen MR) is 56.1 cm³/mol. The van der Waals surface area contributed by atoms with Gasteiger partial charge in [-0.1, -0.05) is 24.3 Å². The van der Waals surface area contributed by atoms with E-state index in [1.54, 1.807) is 18.2 Å². The van der Waals surface area contributed by atoms with Crippen molar-refractivity contribution in [3.05, 3.63) is 35.4 Å². The Hall–Kier alpha value is -1.11. The Kier molecular flexibility index (Phi) is 5.40. The molecule has 0 amide bonds. The molecule has 1 aromatic carbocycles. The summed E-state index contributed by atoms with van der Waals surface area (Å²) < 4.78 is 38.5. The molecule has 2 N–H and O–H groups in total. The Morgan fingerprint density at radius 3 is 2.59 bits per heavy atom. The lowest BCUT2D eigenvalue weighted by molar-refractivity contribution is -0.323. The van der Waals surface area contributed by atoms with E-state index in [1.807, 2.05) is 6.07 Å². The van der Waals surface area contributed by atoms with E-state index in [1.165, 1.54) is 0 Å². The van der Waals surface area contributed by atoms with E-state index in [2.05, 4.69) is 10.1 Å². The molecule has 0 fully saturated rings. The molecule has 0 unspecified atom stereocenters. The number of aliphatic hydroxyl groups excluding tert-OH is 1. The molecule has 0 aromatic heterocycles. The minimum Gasteiger partial charge on any atom is -0.392 e. The molecule has 1 rings (SSSR count). The summed E-state index contributed by atoms with van der Waals surface area (Å²) in [6.45, 7) is 0.0894. The van der Waals surface area contributed by atoms with Gasteiger partial charge >= 0.3 is 6.36 Å². The SMILES string of the molecule is OCc1cccc(CNCCOC(F)(F)F)c1. The number of halogens is 3. The highest BCUT2D eigenvalue weighted by molar-refractivity contribution is 5.22. The largest absolute Gasteiger partial charge is 0.522 e. The Bertz CT molecular complexity index is 342. The summed E-state index contributed by atoms with van der Waals surface area (Å²) in [6, 6.07) is 7.18. The van der Waals surface area contributed by atoms with Crippen molar-refractivity contribution < 1.29 is 23.0 Å². The normalized spacial score (nSPS) is 11.8. The monoisotopic (exact) mass is 249 g/mol. The van der Waals surface area contributed by atoms with E-state index in [4.69, 9.17) is 5.11 Å². The third-order valence-electron chi connectivity index (χ3n) is 2.05. The summed E-state index contributed by atoms with van der Waals surface area (Å²) in [4.78, 5) is 0. The van der Waals surface area contributed by atoms with Gasteiger partial charge in [-0.25, -0.2) is 0 Å². The predicted octanol–water partition coefficient (Wildman–Crippen LogP) is 1.80. The number of hydrogen-bond donors (Lipinski definition) is 2. The minimum absolute atomic E-state index is 0.0506. The molecule has 6 heteroatoms. The van der Waals surface area contributed by atoms with E-state index in [0.29, 0.717) is 6.54 Å². The van der Waals surface area contributed by atoms with E-state index in [0.717, 1.165) is 11.1 Å². The molecule has 0 heterocycles. The number of aliphatic hydroxyl groups is 1. The standard InChI is InChI=1S/C11H14F3NO2/c12-11(13,14)17-5-4-15-7-9-2-1-3-10(6-9)8-16/h1-3,6,15-16H,4-5,7-8H2. The third kappa shape index (κ3) is 6.25. The van der Waals surface area contributed by atoms with Gasteiger partial charge in [0.15, 0.2) is 0 Å². The first kappa shape index (κ1) is 14.0. The van der Waals surface area contributed by atoms with Crippen LogP contribution in [0, 0.1) is 0 Å². The van der Waals surface area contributed by atoms with Crippen LogP contribution in [0.4, 0.5) is 13.2 Å². The molecule has 0 spiro atoms. The maximum Gasteiger partial charge on any atom is 0.522 e. The van der Waals surface area contributed by atoms with Gasteiger partial charge in [-0.05, 0) is 11.1 Å². The van der Waals surface area contributed by atoms with Crippen molar-refractivity contribution in [1.82, 2.24) is 5.32 Å². The summed E-state index contributed by atoms with van der Waals surface area (Å²) in [5, 5.41) is 11.7. The van der Waals surface area contributed by atoms with Crippen molar-refractivity contribution in [3.8, 4) is 0 Å². The van der Waals surface area contributed by atoms with Crippen LogP contribution in [-0.2, 0) is 17.9 Å². The second kappa shape index (κ2) is 6.58. The Labute approximate surface area is 97.2 Å². The van der Waals surface area contributed by atoms with Crippen LogP contribution in [0.5, 0.6) is 0 Å². The maximum atomic E-state index is 11.6. The zero-order chi connectivity index (χ0) is 12.7. The number of rotatable bonds is 6. The van der Waals surface area contributed by atoms with Gasteiger partial charge in [-0.15, -0.1) is 13.2 Å². The van der Waals surface area contributed by atoms with Crippen LogP contribution in [0.3, 0.4) is 0 Å². The molecule has 0 aliphatic carbocycles. The van der Waals surface area contributed by atoms with Gasteiger partial charge in [0, 0.05) is 13.1 Å². The fourth-order valence-corrected chi connectivity index (χ4v) is 1.31. The zero-order valence-electron chi connectivity index (χ0n) is 9.13. The average molecular weight is 249 g/mol. The summed E-state index contributed by atoms with van der Waals surface area (Å²) in [5.74, 6) is 0. The summed E-state index contributed by atoms with van der Waals surface area (Å²) in [7, 11) is 0. The van der Waals surface area contributed by atoms with Gasteiger partial charge in [0.1, 0.15) is 0 Å². The lowest BCUT2D eigenvalue weighted by Gasteiger charge is -2.08. The van der Waals surface area contributed by atoms with Crippen molar-refractivity contribution >= 4 is 0 Å². The maximum absolute atomic E-state index is 11.6.